The average molecular weight is 724 g/mol. The predicted octanol–water partition coefficient (Wildman–Crippen LogP) is 0.942. The number of hydrogen-bond acceptors (Lipinski definition) is 14. The van der Waals surface area contributed by atoms with Crippen LogP contribution in [0.1, 0.15) is 75.8 Å². The number of carboxylic acid groups (broad SMARTS) is 3. The molecular weight excluding hydrogens is 678 g/mol. The van der Waals surface area contributed by atoms with Crippen molar-refractivity contribution in [3.05, 3.63) is 35.1 Å². The molecule has 0 saturated carbocycles. The fourth-order valence-corrected chi connectivity index (χ4v) is 7.12. The van der Waals surface area contributed by atoms with Crippen LogP contribution in [0.2, 0.25) is 0 Å². The van der Waals surface area contributed by atoms with Gasteiger partial charge in [-0.1, -0.05) is 0 Å². The lowest BCUT2D eigenvalue weighted by Crippen LogP contribution is -2.49. The van der Waals surface area contributed by atoms with Crippen LogP contribution < -0.4 is 9.47 Å². The lowest BCUT2D eigenvalue weighted by Gasteiger charge is -2.39. The van der Waals surface area contributed by atoms with Gasteiger partial charge in [0, 0.05) is 6.54 Å². The number of methoxy groups -OCH3 is 2. The highest BCUT2D eigenvalue weighted by Crippen LogP contribution is 2.55. The van der Waals surface area contributed by atoms with Crippen LogP contribution in [0.15, 0.2) is 24.0 Å². The number of ether oxygens (including phenoxy) is 5. The van der Waals surface area contributed by atoms with Gasteiger partial charge in [-0.3, -0.25) is 19.3 Å². The van der Waals surface area contributed by atoms with Crippen LogP contribution in [0.3, 0.4) is 0 Å². The highest BCUT2D eigenvalue weighted by Gasteiger charge is 2.59. The molecule has 0 bridgehead atoms. The van der Waals surface area contributed by atoms with Crippen molar-refractivity contribution >= 4 is 29.8 Å². The maximum Gasteiger partial charge on any atom is 0.339 e. The first-order chi connectivity index (χ1) is 23.8. The van der Waals surface area contributed by atoms with Gasteiger partial charge in [-0.15, -0.1) is 0 Å². The molecule has 0 radical (unpaired) electrons. The Labute approximate surface area is 293 Å². The molecule has 17 nitrogen and oxygen atoms in total. The molecule has 3 aliphatic heterocycles. The first-order valence-corrected chi connectivity index (χ1v) is 16.3. The average Bonchev–Trinajstić information content (AvgIpc) is 3.72. The minimum Gasteiger partial charge on any atom is -0.497 e. The number of fused-ring (bicyclic) bond motifs is 3. The third-order valence-electron chi connectivity index (χ3n) is 9.68. The SMILES string of the molecule is COC(=O)C[C@](O)(CCC(C)(C)O)C(=O)O[C@@H]1C(OC)=C[C@]23CCCN2CCc2cc4c(cc2[C@H]13)OCO4.O=C(O)CC(O)(CC(=O)O)C(=O)O. The lowest BCUT2D eigenvalue weighted by atomic mass is 9.77. The van der Waals surface area contributed by atoms with Gasteiger partial charge in [-0.05, 0) is 81.8 Å². The topological polar surface area (TPSA) is 256 Å². The summed E-state index contributed by atoms with van der Waals surface area (Å²) < 4.78 is 28.0. The monoisotopic (exact) mass is 723 g/mol. The van der Waals surface area contributed by atoms with E-state index in [1.54, 1.807) is 21.0 Å². The Hall–Kier alpha value is -4.45. The number of aliphatic hydroxyl groups is 3. The maximum absolute atomic E-state index is 13.7. The number of hydrogen-bond donors (Lipinski definition) is 6. The molecule has 5 rings (SSSR count). The minimum atomic E-state index is -2.74. The van der Waals surface area contributed by atoms with Gasteiger partial charge < -0.3 is 54.3 Å². The lowest BCUT2D eigenvalue weighted by molar-refractivity contribution is -0.179. The summed E-state index contributed by atoms with van der Waals surface area (Å²) in [7, 11) is 2.74. The molecule has 1 aromatic carbocycles. The number of carbonyl (C=O) groups is 5. The van der Waals surface area contributed by atoms with Crippen molar-refractivity contribution in [3.8, 4) is 11.5 Å². The summed E-state index contributed by atoms with van der Waals surface area (Å²) in [4.78, 5) is 58.8. The van der Waals surface area contributed by atoms with Gasteiger partial charge in [-0.2, -0.15) is 0 Å². The van der Waals surface area contributed by atoms with Gasteiger partial charge in [0.1, 0.15) is 5.76 Å². The van der Waals surface area contributed by atoms with Crippen molar-refractivity contribution in [3.63, 3.8) is 0 Å². The van der Waals surface area contributed by atoms with E-state index >= 15 is 0 Å². The first kappa shape index (κ1) is 39.3. The Kier molecular flexibility index (Phi) is 11.6. The van der Waals surface area contributed by atoms with E-state index in [0.717, 1.165) is 43.5 Å². The smallest absolute Gasteiger partial charge is 0.339 e. The number of rotatable bonds is 13. The van der Waals surface area contributed by atoms with Gasteiger partial charge in [-0.25, -0.2) is 9.59 Å². The molecule has 1 fully saturated rings. The van der Waals surface area contributed by atoms with E-state index in [1.165, 1.54) is 7.11 Å². The van der Waals surface area contributed by atoms with Gasteiger partial charge >= 0.3 is 29.8 Å². The third-order valence-corrected chi connectivity index (χ3v) is 9.68. The molecular formula is C34H45NO16. The predicted molar refractivity (Wildman–Crippen MR) is 172 cm³/mol. The molecule has 0 amide bonds. The molecule has 282 valence electrons. The van der Waals surface area contributed by atoms with Gasteiger partial charge in [0.15, 0.2) is 28.8 Å². The van der Waals surface area contributed by atoms with Crippen molar-refractivity contribution in [1.29, 1.82) is 0 Å². The van der Waals surface area contributed by atoms with Crippen LogP contribution >= 0.6 is 0 Å². The van der Waals surface area contributed by atoms with Crippen molar-refractivity contribution in [2.75, 3.05) is 34.1 Å². The molecule has 1 aromatic rings. The Morgan fingerprint density at radius 1 is 0.902 bits per heavy atom. The van der Waals surface area contributed by atoms with Crippen molar-refractivity contribution in [2.24, 2.45) is 0 Å². The molecule has 1 spiro atoms. The minimum absolute atomic E-state index is 0.0701. The molecule has 17 heteroatoms. The van der Waals surface area contributed by atoms with E-state index in [9.17, 15) is 34.2 Å². The van der Waals surface area contributed by atoms with Gasteiger partial charge in [0.2, 0.25) is 6.79 Å². The summed E-state index contributed by atoms with van der Waals surface area (Å²) in [5, 5.41) is 55.5. The van der Waals surface area contributed by atoms with Crippen LogP contribution in [0.5, 0.6) is 11.5 Å². The number of nitrogens with zero attached hydrogens (tertiary/aromatic N) is 1. The van der Waals surface area contributed by atoms with Gasteiger partial charge in [0.05, 0.1) is 50.5 Å². The fraction of sp³-hybridized carbons (Fsp3) is 0.618. The largest absolute Gasteiger partial charge is 0.497 e. The zero-order valence-electron chi connectivity index (χ0n) is 28.9. The second-order valence-corrected chi connectivity index (χ2v) is 13.9. The zero-order chi connectivity index (χ0) is 37.9. The van der Waals surface area contributed by atoms with Crippen LogP contribution in [0.25, 0.3) is 0 Å². The molecule has 6 N–H and O–H groups in total. The number of carboxylic acids is 3. The normalized spacial score (nSPS) is 23.2. The molecule has 0 unspecified atom stereocenters. The molecule has 4 atom stereocenters. The quantitative estimate of drug-likeness (QED) is 0.155. The summed E-state index contributed by atoms with van der Waals surface area (Å²) in [5.74, 6) is -5.18. The van der Waals surface area contributed by atoms with Gasteiger partial charge in [0.25, 0.3) is 0 Å². The summed E-state index contributed by atoms with van der Waals surface area (Å²) in [6, 6.07) is 3.99. The Morgan fingerprint density at radius 3 is 2.08 bits per heavy atom. The molecule has 3 heterocycles. The summed E-state index contributed by atoms with van der Waals surface area (Å²) >= 11 is 0. The zero-order valence-corrected chi connectivity index (χ0v) is 28.9. The van der Waals surface area contributed by atoms with E-state index in [4.69, 9.17) is 44.1 Å². The van der Waals surface area contributed by atoms with E-state index in [0.29, 0.717) is 17.3 Å². The van der Waals surface area contributed by atoms with Crippen molar-refractivity contribution in [2.45, 2.75) is 99.6 Å². The fourth-order valence-electron chi connectivity index (χ4n) is 7.12. The van der Waals surface area contributed by atoms with Crippen LogP contribution in [-0.4, -0.2) is 128 Å². The van der Waals surface area contributed by atoms with Crippen LogP contribution in [-0.2, 0) is 44.6 Å². The summed E-state index contributed by atoms with van der Waals surface area (Å²) in [5.41, 5.74) is -4.42. The second kappa shape index (κ2) is 15.0. The maximum atomic E-state index is 13.7. The number of esters is 2. The Balaban J connectivity index is 0.000000383. The van der Waals surface area contributed by atoms with E-state index in [2.05, 4.69) is 11.0 Å². The van der Waals surface area contributed by atoms with E-state index in [-0.39, 0.29) is 25.6 Å². The molecule has 51 heavy (non-hydrogen) atoms. The highest BCUT2D eigenvalue weighted by molar-refractivity contribution is 5.88. The third kappa shape index (κ3) is 8.54. The highest BCUT2D eigenvalue weighted by atomic mass is 16.7. The van der Waals surface area contributed by atoms with Crippen LogP contribution in [0.4, 0.5) is 0 Å². The molecule has 0 aromatic heterocycles. The Bertz CT molecular complexity index is 1550. The number of aliphatic carboxylic acids is 3. The summed E-state index contributed by atoms with van der Waals surface area (Å²) in [6.45, 7) is 5.04. The van der Waals surface area contributed by atoms with E-state index in [1.807, 2.05) is 12.1 Å². The van der Waals surface area contributed by atoms with Crippen molar-refractivity contribution < 1.29 is 78.3 Å². The first-order valence-electron chi connectivity index (χ1n) is 16.3. The number of benzene rings is 1. The van der Waals surface area contributed by atoms with Crippen molar-refractivity contribution in [1.82, 2.24) is 4.90 Å². The standard InChI is InChI=1S/C28H37NO9.C6H8O7/c1-26(2,32)8-9-28(33,15-22(30)35-4)25(31)38-24-21(34-3)14-27-7-5-10-29(27)11-6-17-12-19-20(37-16-36-19)13-18(17)23(24)27;7-3(8)1-6(13,5(11)12)2-4(9)10/h12-14,23-24,32-33H,5-11,15-16H2,1-4H3;13H,1-2H2,(H,7,8)(H,9,10)(H,11,12)/t23-,24-,27+,28-;/m1./s1. The molecule has 4 aliphatic rings. The summed E-state index contributed by atoms with van der Waals surface area (Å²) in [6.07, 6.45) is 0.896. The van der Waals surface area contributed by atoms with Crippen LogP contribution in [0, 0.1) is 0 Å². The van der Waals surface area contributed by atoms with E-state index < -0.39 is 77.6 Å². The molecule has 1 aliphatic carbocycles. The molecule has 1 saturated heterocycles. The second-order valence-electron chi connectivity index (χ2n) is 13.9. The number of carbonyl (C=O) groups excluding carboxylic acids is 2. The Morgan fingerprint density at radius 2 is 1.53 bits per heavy atom.